The lowest BCUT2D eigenvalue weighted by Crippen LogP contribution is -2.34. The molecule has 0 aromatic heterocycles. The minimum atomic E-state index is -0.0757. The molecule has 0 bridgehead atoms. The van der Waals surface area contributed by atoms with Gasteiger partial charge in [0.05, 0.1) is 21.3 Å². The molecular weight excluding hydrogens is 580 g/mol. The number of phenols is 1. The molecule has 240 valence electrons. The number of likely N-dealkylation sites (N-methyl/N-ethyl adjacent to an activating group) is 2. The van der Waals surface area contributed by atoms with E-state index in [-0.39, 0.29) is 23.6 Å². The first-order chi connectivity index (χ1) is 22.3. The Morgan fingerprint density at radius 2 is 1.59 bits per heavy atom. The van der Waals surface area contributed by atoms with Crippen LogP contribution in [-0.4, -0.2) is 68.5 Å². The number of phenolic OH excluding ortho intramolecular Hbond substituents is 1. The summed E-state index contributed by atoms with van der Waals surface area (Å²) in [6, 6.07) is 11.6. The fraction of sp³-hybridized carbons (Fsp3) is 0.368. The zero-order chi connectivity index (χ0) is 32.4. The van der Waals surface area contributed by atoms with Gasteiger partial charge < -0.3 is 29.2 Å². The van der Waals surface area contributed by atoms with E-state index in [1.807, 2.05) is 12.1 Å². The van der Waals surface area contributed by atoms with Crippen molar-refractivity contribution in [1.29, 1.82) is 0 Å². The van der Waals surface area contributed by atoms with E-state index in [9.17, 15) is 5.11 Å². The quantitative estimate of drug-likeness (QED) is 0.224. The van der Waals surface area contributed by atoms with E-state index in [4.69, 9.17) is 24.1 Å². The molecule has 1 aliphatic carbocycles. The number of rotatable bonds is 9. The van der Waals surface area contributed by atoms with Crippen LogP contribution in [0.1, 0.15) is 52.7 Å². The Hall–Kier alpha value is -4.58. The number of benzene rings is 3. The van der Waals surface area contributed by atoms with Gasteiger partial charge in [0.25, 0.3) is 5.75 Å². The van der Waals surface area contributed by atoms with Gasteiger partial charge in [-0.25, -0.2) is 0 Å². The topological polar surface area (TPSA) is 86.5 Å². The molecule has 3 aromatic rings. The van der Waals surface area contributed by atoms with Crippen molar-refractivity contribution < 1.29 is 29.2 Å². The second kappa shape index (κ2) is 13.4. The lowest BCUT2D eigenvalue weighted by atomic mass is 9.87. The van der Waals surface area contributed by atoms with Crippen LogP contribution in [0.25, 0.3) is 0 Å². The van der Waals surface area contributed by atoms with Crippen LogP contribution >= 0.6 is 0 Å². The number of fused-ring (bicyclic) bond motifs is 2. The maximum atomic E-state index is 10.3. The van der Waals surface area contributed by atoms with Gasteiger partial charge in [0.15, 0.2) is 23.0 Å². The van der Waals surface area contributed by atoms with Crippen molar-refractivity contribution in [2.75, 3.05) is 48.5 Å². The molecule has 2 unspecified atom stereocenters. The van der Waals surface area contributed by atoms with Gasteiger partial charge in [0, 0.05) is 43.2 Å². The third-order valence-corrected chi connectivity index (χ3v) is 9.48. The van der Waals surface area contributed by atoms with Gasteiger partial charge in [-0.15, -0.1) is 0 Å². The van der Waals surface area contributed by atoms with Crippen LogP contribution in [-0.2, 0) is 19.3 Å². The highest BCUT2D eigenvalue weighted by Crippen LogP contribution is 2.51. The number of hydrogen-bond donors (Lipinski definition) is 1. The average Bonchev–Trinajstić information content (AvgIpc) is 3.33. The van der Waals surface area contributed by atoms with Crippen molar-refractivity contribution in [3.8, 4) is 52.1 Å². The molecule has 3 aliphatic rings. The molecule has 3 aromatic carbocycles. The molecule has 8 nitrogen and oxygen atoms in total. The highest BCUT2D eigenvalue weighted by Gasteiger charge is 2.34. The molecule has 2 atom stereocenters. The molecule has 2 aliphatic heterocycles. The lowest BCUT2D eigenvalue weighted by Gasteiger charge is -2.37. The zero-order valence-corrected chi connectivity index (χ0v) is 27.3. The van der Waals surface area contributed by atoms with Gasteiger partial charge in [-0.05, 0) is 104 Å². The molecule has 3 N–H and O–H groups in total. The monoisotopic (exact) mass is 623 g/mol. The van der Waals surface area contributed by atoms with Gasteiger partial charge in [-0.2, -0.15) is 0 Å². The van der Waals surface area contributed by atoms with Crippen molar-refractivity contribution in [3.63, 3.8) is 0 Å². The molecule has 6 rings (SSSR count). The van der Waals surface area contributed by atoms with E-state index in [0.717, 1.165) is 55.5 Å². The molecular formula is C38H43N2O6+. The van der Waals surface area contributed by atoms with Gasteiger partial charge in [0.2, 0.25) is 11.5 Å². The summed E-state index contributed by atoms with van der Waals surface area (Å²) in [4.78, 5) is 4.72. The Kier molecular flexibility index (Phi) is 9.16. The SMILES string of the molecule is COc1cc2c(cc1Oc1c(OC)c(OC)cc3c1C(Cc1ccc([OH2+])c(O)c1)N(C)CC3)C(CC1=CCC#CC=C1)N(C)CC2. The maximum Gasteiger partial charge on any atom is 0.296 e. The first-order valence-corrected chi connectivity index (χ1v) is 15.8. The first-order valence-electron chi connectivity index (χ1n) is 15.8. The predicted octanol–water partition coefficient (Wildman–Crippen LogP) is 6.23. The Bertz CT molecular complexity index is 1750. The summed E-state index contributed by atoms with van der Waals surface area (Å²) in [5.41, 5.74) is 6.82. The zero-order valence-electron chi connectivity index (χ0n) is 27.3. The van der Waals surface area contributed by atoms with E-state index in [1.165, 1.54) is 16.7 Å². The smallest absolute Gasteiger partial charge is 0.296 e. The van der Waals surface area contributed by atoms with Crippen molar-refractivity contribution in [2.45, 2.75) is 44.2 Å². The summed E-state index contributed by atoms with van der Waals surface area (Å²) in [6.07, 6.45) is 10.3. The number of aromatic hydroxyl groups is 1. The van der Waals surface area contributed by atoms with Crippen molar-refractivity contribution >= 4 is 0 Å². The van der Waals surface area contributed by atoms with E-state index >= 15 is 0 Å². The van der Waals surface area contributed by atoms with Crippen LogP contribution in [0.4, 0.5) is 0 Å². The molecule has 8 heteroatoms. The largest absolute Gasteiger partial charge is 0.591 e. The lowest BCUT2D eigenvalue weighted by molar-refractivity contribution is 0.220. The Balaban J connectivity index is 1.45. The minimum absolute atomic E-state index is 0.0269. The predicted molar refractivity (Wildman–Crippen MR) is 180 cm³/mol. The van der Waals surface area contributed by atoms with Crippen LogP contribution in [0.3, 0.4) is 0 Å². The molecule has 0 amide bonds. The molecule has 2 heterocycles. The first kappa shape index (κ1) is 31.4. The standard InChI is InChI=1S/C38H42N2O6/c1-39-16-14-26-21-33(43-3)34(23-28(26)29(39)18-24-10-8-6-7-9-11-24)46-38-36-27(22-35(44-4)37(38)45-5)15-17-40(2)30(36)19-25-12-13-31(41)32(42)20-25/h8,10-13,20-23,29-30,41-42H,9,14-19H2,1-5H3/p+1. The molecule has 46 heavy (non-hydrogen) atoms. The molecule has 0 fully saturated rings. The molecule has 0 saturated carbocycles. The third kappa shape index (κ3) is 6.13. The highest BCUT2D eigenvalue weighted by molar-refractivity contribution is 5.63. The Morgan fingerprint density at radius 1 is 0.848 bits per heavy atom. The number of methoxy groups -OCH3 is 3. The third-order valence-electron chi connectivity index (χ3n) is 9.48. The molecule has 0 saturated heterocycles. The summed E-state index contributed by atoms with van der Waals surface area (Å²) in [7, 11) is 9.25. The molecule has 0 spiro atoms. The Labute approximate surface area is 271 Å². The van der Waals surface area contributed by atoms with E-state index < -0.39 is 0 Å². The summed E-state index contributed by atoms with van der Waals surface area (Å²) in [5.74, 6) is 9.35. The fourth-order valence-electron chi connectivity index (χ4n) is 6.90. The second-order valence-electron chi connectivity index (χ2n) is 12.2. The van der Waals surface area contributed by atoms with Crippen molar-refractivity contribution in [3.05, 3.63) is 88.0 Å². The number of hydrogen-bond acceptors (Lipinski definition) is 7. The average molecular weight is 624 g/mol. The van der Waals surface area contributed by atoms with Crippen LogP contribution in [0.2, 0.25) is 0 Å². The molecule has 0 radical (unpaired) electrons. The second-order valence-corrected chi connectivity index (χ2v) is 12.2. The summed E-state index contributed by atoms with van der Waals surface area (Å²) >= 11 is 0. The normalized spacial score (nSPS) is 19.2. The summed E-state index contributed by atoms with van der Waals surface area (Å²) < 4.78 is 24.8. The van der Waals surface area contributed by atoms with E-state index in [1.54, 1.807) is 33.5 Å². The van der Waals surface area contributed by atoms with E-state index in [0.29, 0.717) is 35.2 Å². The van der Waals surface area contributed by atoms with Gasteiger partial charge in [-0.1, -0.05) is 24.0 Å². The highest BCUT2D eigenvalue weighted by atomic mass is 16.5. The van der Waals surface area contributed by atoms with Crippen LogP contribution < -0.4 is 18.9 Å². The van der Waals surface area contributed by atoms with E-state index in [2.05, 4.69) is 66.1 Å². The van der Waals surface area contributed by atoms with Crippen LogP contribution in [0.15, 0.2) is 60.2 Å². The van der Waals surface area contributed by atoms with Gasteiger partial charge in [-0.3, -0.25) is 9.80 Å². The van der Waals surface area contributed by atoms with Gasteiger partial charge >= 0.3 is 0 Å². The van der Waals surface area contributed by atoms with Crippen LogP contribution in [0, 0.1) is 11.8 Å². The summed E-state index contributed by atoms with van der Waals surface area (Å²) in [6.45, 7) is 1.80. The van der Waals surface area contributed by atoms with Gasteiger partial charge in [0.1, 0.15) is 0 Å². The number of ether oxygens (including phenoxy) is 4. The minimum Gasteiger partial charge on any atom is -0.591 e. The summed E-state index contributed by atoms with van der Waals surface area (Å²) in [5, 5.41) is 18.2. The fourth-order valence-corrected chi connectivity index (χ4v) is 6.90. The number of nitrogens with zero attached hydrogens (tertiary/aromatic N) is 2. The maximum absolute atomic E-state index is 10.3. The van der Waals surface area contributed by atoms with Crippen LogP contribution in [0.5, 0.6) is 40.2 Å². The Morgan fingerprint density at radius 3 is 2.33 bits per heavy atom. The van der Waals surface area contributed by atoms with Crippen molar-refractivity contribution in [2.24, 2.45) is 0 Å². The van der Waals surface area contributed by atoms with Crippen molar-refractivity contribution in [1.82, 2.24) is 9.80 Å². The number of allylic oxidation sites excluding steroid dienone is 3.